The smallest absolute Gasteiger partial charge is 0.155 e. The van der Waals surface area contributed by atoms with Gasteiger partial charge < -0.3 is 10.1 Å². The molecule has 3 nitrogen and oxygen atoms in total. The molecule has 0 bridgehead atoms. The minimum atomic E-state index is -0.125. The fourth-order valence-corrected chi connectivity index (χ4v) is 3.01. The number of benzene rings is 3. The topological polar surface area (TPSA) is 50.2 Å². The van der Waals surface area contributed by atoms with Gasteiger partial charge in [-0.05, 0) is 36.4 Å². The Kier molecular flexibility index (Phi) is 8.67. The van der Waals surface area contributed by atoms with Gasteiger partial charge in [0, 0.05) is 32.4 Å². The Morgan fingerprint density at radius 3 is 2.20 bits per heavy atom. The summed E-state index contributed by atoms with van der Waals surface area (Å²) in [6.07, 6.45) is 3.02. The van der Waals surface area contributed by atoms with Gasteiger partial charge in [0.2, 0.25) is 0 Å². The van der Waals surface area contributed by atoms with E-state index in [1.54, 1.807) is 0 Å². The van der Waals surface area contributed by atoms with Gasteiger partial charge in [0.1, 0.15) is 0 Å². The number of hydrogen-bond donors (Lipinski definition) is 1. The van der Waals surface area contributed by atoms with Crippen molar-refractivity contribution < 1.29 is 30.0 Å². The van der Waals surface area contributed by atoms with E-state index in [1.807, 2.05) is 36.5 Å². The Bertz CT molecular complexity index is 1130. The molecule has 0 saturated carbocycles. The van der Waals surface area contributed by atoms with Gasteiger partial charge in [0.25, 0.3) is 0 Å². The van der Waals surface area contributed by atoms with E-state index < -0.39 is 0 Å². The first-order valence-corrected chi connectivity index (χ1v) is 9.33. The quantitative estimate of drug-likeness (QED) is 0.176. The van der Waals surface area contributed by atoms with Crippen molar-refractivity contribution in [2.75, 3.05) is 0 Å². The third kappa shape index (κ3) is 6.21. The minimum absolute atomic E-state index is 0. The zero-order valence-electron chi connectivity index (χ0n) is 16.8. The molecule has 0 spiro atoms. The number of carbonyl (C=O) groups excluding carboxylic acids is 1. The summed E-state index contributed by atoms with van der Waals surface area (Å²) in [5, 5.41) is 10.7. The van der Waals surface area contributed by atoms with Crippen LogP contribution in [-0.2, 0) is 24.9 Å². The van der Waals surface area contributed by atoms with Gasteiger partial charge in [-0.3, -0.25) is 4.79 Å². The van der Waals surface area contributed by atoms with Crippen LogP contribution in [0.3, 0.4) is 0 Å². The number of carbonyl (C=O) groups is 1. The molecule has 0 atom stereocenters. The Labute approximate surface area is 190 Å². The summed E-state index contributed by atoms with van der Waals surface area (Å²) in [7, 11) is 0. The molecule has 0 aliphatic carbocycles. The number of hydrogen-bond acceptors (Lipinski definition) is 3. The van der Waals surface area contributed by atoms with Crippen molar-refractivity contribution in [3.8, 4) is 22.4 Å². The summed E-state index contributed by atoms with van der Waals surface area (Å²) in [5.41, 5.74) is 4.38. The molecule has 0 amide bonds. The average molecular weight is 573 g/mol. The van der Waals surface area contributed by atoms with Crippen LogP contribution in [0.1, 0.15) is 13.8 Å². The summed E-state index contributed by atoms with van der Waals surface area (Å²) >= 11 is 0. The van der Waals surface area contributed by atoms with Crippen LogP contribution in [-0.4, -0.2) is 15.9 Å². The molecule has 3 aromatic carbocycles. The molecule has 30 heavy (non-hydrogen) atoms. The van der Waals surface area contributed by atoms with E-state index in [0.717, 1.165) is 16.6 Å². The molecule has 0 saturated heterocycles. The molecule has 1 radical (unpaired) electrons. The average Bonchev–Trinajstić information content (AvgIpc) is 2.74. The van der Waals surface area contributed by atoms with Crippen LogP contribution in [0.25, 0.3) is 33.2 Å². The number of pyridine rings is 1. The van der Waals surface area contributed by atoms with Crippen molar-refractivity contribution in [2.24, 2.45) is 0 Å². The van der Waals surface area contributed by atoms with Crippen LogP contribution in [0, 0.1) is 6.07 Å². The summed E-state index contributed by atoms with van der Waals surface area (Å²) in [5.74, 6) is -0.0625. The second kappa shape index (κ2) is 11.2. The van der Waals surface area contributed by atoms with Crippen LogP contribution in [0.5, 0.6) is 0 Å². The summed E-state index contributed by atoms with van der Waals surface area (Å²) in [4.78, 5) is 14.6. The molecule has 1 aromatic heterocycles. The predicted molar refractivity (Wildman–Crippen MR) is 119 cm³/mol. The minimum Gasteiger partial charge on any atom is -0.512 e. The number of allylic oxidation sites excluding steroid dienone is 2. The molecule has 153 valence electrons. The first-order chi connectivity index (χ1) is 14.0. The third-order valence-corrected chi connectivity index (χ3v) is 4.26. The molecule has 4 aromatic rings. The van der Waals surface area contributed by atoms with E-state index in [-0.39, 0.29) is 31.6 Å². The summed E-state index contributed by atoms with van der Waals surface area (Å²) in [6.45, 7) is 2.85. The second-order valence-corrected chi connectivity index (χ2v) is 6.63. The van der Waals surface area contributed by atoms with Gasteiger partial charge in [-0.15, -0.1) is 29.8 Å². The Hall–Kier alpha value is -3.07. The number of nitrogens with zero attached hydrogens (tertiary/aromatic N) is 1. The second-order valence-electron chi connectivity index (χ2n) is 6.63. The number of fused-ring (bicyclic) bond motifs is 1. The Morgan fingerprint density at radius 1 is 0.900 bits per heavy atom. The molecule has 4 rings (SSSR count). The fourth-order valence-electron chi connectivity index (χ4n) is 3.01. The van der Waals surface area contributed by atoms with Gasteiger partial charge in [0.05, 0.1) is 5.76 Å². The predicted octanol–water partition coefficient (Wildman–Crippen LogP) is 6.40. The first kappa shape index (κ1) is 23.2. The number of aromatic nitrogens is 1. The summed E-state index contributed by atoms with van der Waals surface area (Å²) < 4.78 is 0. The standard InChI is InChI=1S/C21H14N.C5H8O2.Ir/c1-2-6-16(7-3-1)17-10-12-19(13-11-17)21-20-9-5-4-8-18(20)14-15-22-21;1-4(6)3-5(2)7;/h1-12,14-15H;3,6H,1-2H3;/q-1;;/b;4-3-;. The molecule has 4 heteroatoms. The molecule has 1 heterocycles. The number of ketones is 1. The third-order valence-electron chi connectivity index (χ3n) is 4.26. The number of aliphatic hydroxyl groups is 1. The van der Waals surface area contributed by atoms with E-state index >= 15 is 0 Å². The summed E-state index contributed by atoms with van der Waals surface area (Å²) in [6, 6.07) is 30.3. The van der Waals surface area contributed by atoms with Crippen molar-refractivity contribution in [3.63, 3.8) is 0 Å². The van der Waals surface area contributed by atoms with Crippen molar-refractivity contribution in [3.05, 3.63) is 103 Å². The molecule has 0 fully saturated rings. The van der Waals surface area contributed by atoms with Gasteiger partial charge >= 0.3 is 0 Å². The van der Waals surface area contributed by atoms with E-state index in [2.05, 4.69) is 59.6 Å². The zero-order valence-corrected chi connectivity index (χ0v) is 19.2. The van der Waals surface area contributed by atoms with Crippen LogP contribution in [0.2, 0.25) is 0 Å². The molecule has 0 aliphatic rings. The van der Waals surface area contributed by atoms with Crippen molar-refractivity contribution >= 4 is 16.6 Å². The van der Waals surface area contributed by atoms with Gasteiger partial charge in [0.15, 0.2) is 5.78 Å². The monoisotopic (exact) mass is 573 g/mol. The molecular formula is C26H22IrNO2-. The molecule has 0 aliphatic heterocycles. The van der Waals surface area contributed by atoms with Crippen molar-refractivity contribution in [1.82, 2.24) is 4.98 Å². The Morgan fingerprint density at radius 2 is 1.60 bits per heavy atom. The van der Waals surface area contributed by atoms with E-state index in [9.17, 15) is 4.79 Å². The van der Waals surface area contributed by atoms with Crippen LogP contribution in [0.15, 0.2) is 96.9 Å². The molecule has 0 unspecified atom stereocenters. The number of rotatable bonds is 3. The van der Waals surface area contributed by atoms with Gasteiger partial charge in [-0.2, -0.15) is 0 Å². The maximum absolute atomic E-state index is 10.0. The van der Waals surface area contributed by atoms with Crippen molar-refractivity contribution in [2.45, 2.75) is 13.8 Å². The fraction of sp³-hybridized carbons (Fsp3) is 0.0769. The SMILES string of the molecule is CC(=O)/C=C(/C)O.[Ir].[c-]1cc(-c2ccccc2)ccc1-c1nccc2ccccc12. The van der Waals surface area contributed by atoms with Crippen LogP contribution in [0.4, 0.5) is 0 Å². The number of aliphatic hydroxyl groups excluding tert-OH is 1. The van der Waals surface area contributed by atoms with Crippen molar-refractivity contribution in [1.29, 1.82) is 0 Å². The Balaban J connectivity index is 0.000000350. The van der Waals surface area contributed by atoms with E-state index in [1.165, 1.54) is 36.4 Å². The maximum Gasteiger partial charge on any atom is 0.155 e. The van der Waals surface area contributed by atoms with Crippen LogP contribution >= 0.6 is 0 Å². The van der Waals surface area contributed by atoms with Crippen LogP contribution < -0.4 is 0 Å². The molecular weight excluding hydrogens is 551 g/mol. The zero-order chi connectivity index (χ0) is 20.6. The van der Waals surface area contributed by atoms with Gasteiger partial charge in [-0.25, -0.2) is 0 Å². The normalized spacial score (nSPS) is 10.5. The van der Waals surface area contributed by atoms with Gasteiger partial charge in [-0.1, -0.05) is 65.7 Å². The first-order valence-electron chi connectivity index (χ1n) is 9.33. The maximum atomic E-state index is 10.0. The largest absolute Gasteiger partial charge is 0.512 e. The molecule has 1 N–H and O–H groups in total. The van der Waals surface area contributed by atoms with E-state index in [4.69, 9.17) is 5.11 Å². The van der Waals surface area contributed by atoms with E-state index in [0.29, 0.717) is 0 Å².